The van der Waals surface area contributed by atoms with Crippen molar-refractivity contribution >= 4 is 55.7 Å². The lowest BCUT2D eigenvalue weighted by Crippen LogP contribution is -2.29. The number of amides is 1. The third-order valence-corrected chi connectivity index (χ3v) is 6.81. The molecule has 8 heteroatoms. The molecule has 1 amide bonds. The van der Waals surface area contributed by atoms with Gasteiger partial charge in [0.15, 0.2) is 5.13 Å². The molecule has 4 aromatic rings. The molecule has 1 aliphatic rings. The smallest absolute Gasteiger partial charge is 0.301 e. The highest BCUT2D eigenvalue weighted by atomic mass is 35.5. The molecular weight excluding hydrogens is 472 g/mol. The predicted molar refractivity (Wildman–Crippen MR) is 133 cm³/mol. The van der Waals surface area contributed by atoms with Crippen LogP contribution < -0.4 is 9.64 Å². The van der Waals surface area contributed by atoms with Gasteiger partial charge in [0.1, 0.15) is 11.5 Å². The van der Waals surface area contributed by atoms with Gasteiger partial charge in [-0.25, -0.2) is 4.98 Å². The first kappa shape index (κ1) is 22.1. The number of aliphatic hydroxyl groups is 1. The highest BCUT2D eigenvalue weighted by Gasteiger charge is 2.48. The Morgan fingerprint density at radius 2 is 1.82 bits per heavy atom. The molecule has 0 aliphatic carbocycles. The molecule has 1 aromatic heterocycles. The number of thiazole rings is 1. The maximum absolute atomic E-state index is 13.3. The highest BCUT2D eigenvalue weighted by molar-refractivity contribution is 7.22. The summed E-state index contributed by atoms with van der Waals surface area (Å²) >= 11 is 7.37. The van der Waals surface area contributed by atoms with E-state index in [-0.39, 0.29) is 11.3 Å². The standard InChI is InChI=1S/C26H19ClN2O4S/c1-2-33-18-12-13-19-20(14-18)34-26(28-19)29-22(15-8-10-17(27)11-9-15)21(24(31)25(29)32)23(30)16-6-4-3-5-7-16/h3-14,22,30H,2H2,1H3/t22-/m1/s1. The Bertz CT molecular complexity index is 1430. The zero-order chi connectivity index (χ0) is 23.8. The Hall–Kier alpha value is -3.68. The van der Waals surface area contributed by atoms with Gasteiger partial charge in [-0.05, 0) is 42.8 Å². The van der Waals surface area contributed by atoms with Gasteiger partial charge in [0, 0.05) is 10.6 Å². The normalized spacial score (nSPS) is 17.5. The second kappa shape index (κ2) is 8.93. The maximum atomic E-state index is 13.3. The topological polar surface area (TPSA) is 79.7 Å². The molecule has 1 N–H and O–H groups in total. The van der Waals surface area contributed by atoms with Crippen molar-refractivity contribution in [2.75, 3.05) is 11.5 Å². The number of anilines is 1. The summed E-state index contributed by atoms with van der Waals surface area (Å²) in [7, 11) is 0. The average molecular weight is 491 g/mol. The number of Topliss-reactive ketones (excluding diaryl/α,β-unsaturated/α-hetero) is 1. The number of ether oxygens (including phenoxy) is 1. The van der Waals surface area contributed by atoms with Crippen molar-refractivity contribution in [1.29, 1.82) is 0 Å². The van der Waals surface area contributed by atoms with Gasteiger partial charge < -0.3 is 9.84 Å². The second-order valence-corrected chi connectivity index (χ2v) is 9.09. The number of hydrogen-bond donors (Lipinski definition) is 1. The Balaban J connectivity index is 1.69. The second-order valence-electron chi connectivity index (χ2n) is 7.65. The third kappa shape index (κ3) is 3.83. The van der Waals surface area contributed by atoms with E-state index in [1.54, 1.807) is 48.5 Å². The maximum Gasteiger partial charge on any atom is 0.301 e. The summed E-state index contributed by atoms with van der Waals surface area (Å²) in [6, 6.07) is 20.2. The summed E-state index contributed by atoms with van der Waals surface area (Å²) in [4.78, 5) is 32.5. The summed E-state index contributed by atoms with van der Waals surface area (Å²) in [6.07, 6.45) is 0. The van der Waals surface area contributed by atoms with Crippen molar-refractivity contribution in [3.8, 4) is 5.75 Å². The molecule has 5 rings (SSSR count). The quantitative estimate of drug-likeness (QED) is 0.211. The lowest BCUT2D eigenvalue weighted by molar-refractivity contribution is -0.132. The van der Waals surface area contributed by atoms with E-state index in [4.69, 9.17) is 16.3 Å². The van der Waals surface area contributed by atoms with E-state index in [2.05, 4.69) is 4.98 Å². The largest absolute Gasteiger partial charge is 0.507 e. The van der Waals surface area contributed by atoms with Gasteiger partial charge in [-0.2, -0.15) is 0 Å². The zero-order valence-corrected chi connectivity index (χ0v) is 19.6. The van der Waals surface area contributed by atoms with Crippen LogP contribution in [-0.4, -0.2) is 28.4 Å². The van der Waals surface area contributed by atoms with Gasteiger partial charge in [0.05, 0.1) is 28.4 Å². The van der Waals surface area contributed by atoms with Crippen LogP contribution >= 0.6 is 22.9 Å². The Morgan fingerprint density at radius 1 is 1.09 bits per heavy atom. The molecular formula is C26H19ClN2O4S. The fourth-order valence-electron chi connectivity index (χ4n) is 3.99. The third-order valence-electron chi connectivity index (χ3n) is 5.54. The fraction of sp³-hybridized carbons (Fsp3) is 0.115. The number of aliphatic hydroxyl groups excluding tert-OH is 1. The van der Waals surface area contributed by atoms with Crippen LogP contribution in [0.25, 0.3) is 16.0 Å². The minimum absolute atomic E-state index is 0.00721. The molecule has 1 aliphatic heterocycles. The summed E-state index contributed by atoms with van der Waals surface area (Å²) in [5.41, 5.74) is 1.77. The van der Waals surface area contributed by atoms with E-state index in [0.29, 0.717) is 39.2 Å². The van der Waals surface area contributed by atoms with Crippen LogP contribution in [0, 0.1) is 0 Å². The van der Waals surface area contributed by atoms with E-state index in [1.807, 2.05) is 31.2 Å². The molecule has 6 nitrogen and oxygen atoms in total. The molecule has 34 heavy (non-hydrogen) atoms. The number of aromatic nitrogens is 1. The molecule has 0 bridgehead atoms. The molecule has 3 aromatic carbocycles. The van der Waals surface area contributed by atoms with Gasteiger partial charge >= 0.3 is 5.91 Å². The Kier molecular flexibility index (Phi) is 5.81. The molecule has 0 saturated carbocycles. The molecule has 0 unspecified atom stereocenters. The zero-order valence-electron chi connectivity index (χ0n) is 18.1. The van der Waals surface area contributed by atoms with E-state index >= 15 is 0 Å². The van der Waals surface area contributed by atoms with Gasteiger partial charge in [-0.15, -0.1) is 0 Å². The molecule has 2 heterocycles. The summed E-state index contributed by atoms with van der Waals surface area (Å²) in [5, 5.41) is 12.0. The van der Waals surface area contributed by atoms with E-state index in [1.165, 1.54) is 16.2 Å². The Morgan fingerprint density at radius 3 is 2.53 bits per heavy atom. The van der Waals surface area contributed by atoms with Crippen LogP contribution in [0.1, 0.15) is 24.1 Å². The number of hydrogen-bond acceptors (Lipinski definition) is 6. The van der Waals surface area contributed by atoms with E-state index in [9.17, 15) is 14.7 Å². The van der Waals surface area contributed by atoms with Gasteiger partial charge in [0.25, 0.3) is 5.78 Å². The van der Waals surface area contributed by atoms with Crippen molar-refractivity contribution in [2.24, 2.45) is 0 Å². The van der Waals surface area contributed by atoms with Crippen LogP contribution in [0.15, 0.2) is 78.4 Å². The van der Waals surface area contributed by atoms with Crippen LogP contribution in [0.4, 0.5) is 5.13 Å². The molecule has 170 valence electrons. The SMILES string of the molecule is CCOc1ccc2nc(N3C(=O)C(=O)C(=C(O)c4ccccc4)[C@H]3c3ccc(Cl)cc3)sc2c1. The van der Waals surface area contributed by atoms with E-state index in [0.717, 1.165) is 4.70 Å². The molecule has 0 spiro atoms. The summed E-state index contributed by atoms with van der Waals surface area (Å²) in [5.74, 6) is -1.05. The molecule has 1 atom stereocenters. The molecule has 1 fully saturated rings. The summed E-state index contributed by atoms with van der Waals surface area (Å²) < 4.78 is 6.40. The first-order valence-corrected chi connectivity index (χ1v) is 11.8. The van der Waals surface area contributed by atoms with Crippen molar-refractivity contribution in [1.82, 2.24) is 4.98 Å². The minimum atomic E-state index is -0.857. The number of ketones is 1. The number of benzene rings is 3. The summed E-state index contributed by atoms with van der Waals surface area (Å²) in [6.45, 7) is 2.43. The number of nitrogens with zero attached hydrogens (tertiary/aromatic N) is 2. The van der Waals surface area contributed by atoms with Crippen molar-refractivity contribution in [3.63, 3.8) is 0 Å². The van der Waals surface area contributed by atoms with Gasteiger partial charge in [-0.1, -0.05) is 65.4 Å². The lowest BCUT2D eigenvalue weighted by atomic mass is 9.95. The molecule has 1 saturated heterocycles. The monoisotopic (exact) mass is 490 g/mol. The van der Waals surface area contributed by atoms with Crippen molar-refractivity contribution in [2.45, 2.75) is 13.0 Å². The predicted octanol–water partition coefficient (Wildman–Crippen LogP) is 5.97. The van der Waals surface area contributed by atoms with Crippen LogP contribution in [0.2, 0.25) is 5.02 Å². The number of carbonyl (C=O) groups excluding carboxylic acids is 2. The van der Waals surface area contributed by atoms with Crippen molar-refractivity contribution < 1.29 is 19.4 Å². The minimum Gasteiger partial charge on any atom is -0.507 e. The average Bonchev–Trinajstić information content (AvgIpc) is 3.38. The fourth-order valence-corrected chi connectivity index (χ4v) is 5.14. The van der Waals surface area contributed by atoms with E-state index < -0.39 is 17.7 Å². The molecule has 0 radical (unpaired) electrons. The van der Waals surface area contributed by atoms with Crippen LogP contribution in [-0.2, 0) is 9.59 Å². The first-order valence-electron chi connectivity index (χ1n) is 10.6. The van der Waals surface area contributed by atoms with Crippen LogP contribution in [0.3, 0.4) is 0 Å². The number of carbonyl (C=O) groups is 2. The van der Waals surface area contributed by atoms with Gasteiger partial charge in [-0.3, -0.25) is 14.5 Å². The number of rotatable bonds is 5. The lowest BCUT2D eigenvalue weighted by Gasteiger charge is -2.23. The van der Waals surface area contributed by atoms with Crippen LogP contribution in [0.5, 0.6) is 5.75 Å². The van der Waals surface area contributed by atoms with Crippen molar-refractivity contribution in [3.05, 3.63) is 94.5 Å². The Labute approximate surface area is 204 Å². The highest BCUT2D eigenvalue weighted by Crippen LogP contribution is 2.44. The number of fused-ring (bicyclic) bond motifs is 1. The number of halogens is 1. The first-order chi connectivity index (χ1) is 16.5. The van der Waals surface area contributed by atoms with Gasteiger partial charge in [0.2, 0.25) is 0 Å².